The van der Waals surface area contributed by atoms with E-state index < -0.39 is 0 Å². The van der Waals surface area contributed by atoms with Crippen molar-refractivity contribution in [2.75, 3.05) is 39.8 Å². The number of likely N-dealkylation sites (N-methyl/N-ethyl adjacent to an activating group) is 1. The maximum atomic E-state index is 13.9. The van der Waals surface area contributed by atoms with Crippen molar-refractivity contribution in [1.82, 2.24) is 24.3 Å². The van der Waals surface area contributed by atoms with Crippen LogP contribution in [0.2, 0.25) is 0 Å². The van der Waals surface area contributed by atoms with Gasteiger partial charge in [-0.3, -0.25) is 4.79 Å². The number of hydrogen-bond donors (Lipinski definition) is 0. The van der Waals surface area contributed by atoms with Crippen LogP contribution in [0.1, 0.15) is 102 Å². The van der Waals surface area contributed by atoms with Crippen molar-refractivity contribution in [1.29, 1.82) is 0 Å². The summed E-state index contributed by atoms with van der Waals surface area (Å²) >= 11 is 0. The molecule has 2 unspecified atom stereocenters. The highest BCUT2D eigenvalue weighted by Crippen LogP contribution is 2.47. The number of fused-ring (bicyclic) bond motifs is 2. The number of aromatic nitrogens is 2. The van der Waals surface area contributed by atoms with E-state index >= 15 is 0 Å². The molecule has 3 heterocycles. The molecule has 3 aliphatic rings. The molecule has 1 fully saturated rings. The zero-order chi connectivity index (χ0) is 29.9. The molecule has 2 aromatic rings. The Labute approximate surface area is 254 Å². The Morgan fingerprint density at radius 3 is 2.45 bits per heavy atom. The number of benzene rings is 1. The Hall–Kier alpha value is -2.60. The van der Waals surface area contributed by atoms with Gasteiger partial charge in [0, 0.05) is 49.9 Å². The second-order valence-corrected chi connectivity index (χ2v) is 14.2. The summed E-state index contributed by atoms with van der Waals surface area (Å²) in [4.78, 5) is 26.3. The summed E-state index contributed by atoms with van der Waals surface area (Å²) in [7, 11) is 2.21. The molecular weight excluding hydrogens is 518 g/mol. The van der Waals surface area contributed by atoms with E-state index in [2.05, 4.69) is 91.4 Å². The number of nitrogens with zero attached hydrogens (tertiary/aromatic N) is 5. The lowest BCUT2D eigenvalue weighted by Gasteiger charge is -2.39. The number of amides is 1. The number of hydrogen-bond acceptors (Lipinski definition) is 4. The number of rotatable bonds is 12. The molecule has 2 atom stereocenters. The minimum absolute atomic E-state index is 0.00118. The summed E-state index contributed by atoms with van der Waals surface area (Å²) in [6, 6.07) is 6.25. The van der Waals surface area contributed by atoms with Crippen LogP contribution in [0.4, 0.5) is 0 Å². The fraction of sp³-hybridized carbons (Fsp3) is 0.667. The van der Waals surface area contributed by atoms with Crippen molar-refractivity contribution < 1.29 is 4.79 Å². The average Bonchev–Trinajstić information content (AvgIpc) is 3.46. The molecule has 1 aromatic carbocycles. The number of likely N-dealkylation sites (tertiary alicyclic amines) is 1. The Kier molecular flexibility index (Phi) is 9.81. The van der Waals surface area contributed by atoms with Gasteiger partial charge in [-0.15, -0.1) is 0 Å². The predicted octanol–water partition coefficient (Wildman–Crippen LogP) is 7.46. The van der Waals surface area contributed by atoms with Gasteiger partial charge < -0.3 is 19.3 Å². The molecule has 0 radical (unpaired) electrons. The molecule has 1 aliphatic carbocycles. The molecule has 42 heavy (non-hydrogen) atoms. The first-order chi connectivity index (χ1) is 20.2. The van der Waals surface area contributed by atoms with Gasteiger partial charge in [-0.1, -0.05) is 46.3 Å². The van der Waals surface area contributed by atoms with Crippen molar-refractivity contribution in [2.45, 2.75) is 98.1 Å². The molecule has 2 aliphatic heterocycles. The van der Waals surface area contributed by atoms with Crippen LogP contribution < -0.4 is 0 Å². The Morgan fingerprint density at radius 1 is 1.05 bits per heavy atom. The van der Waals surface area contributed by atoms with Gasteiger partial charge in [0.2, 0.25) is 0 Å². The van der Waals surface area contributed by atoms with Gasteiger partial charge in [0.15, 0.2) is 0 Å². The number of aryl methyl sites for hydroxylation is 1. The van der Waals surface area contributed by atoms with Crippen LogP contribution >= 0.6 is 0 Å². The molecule has 1 amide bonds. The summed E-state index contributed by atoms with van der Waals surface area (Å²) < 4.78 is 2.45. The standard InChI is InChI=1S/C36H55N5O/c1-27(2)16-23-40(24-17-28(3)4)35(42)29-14-15-32-33(25-29)41(22-12-21-39-19-10-7-11-20-39)34(37-32)30-26-38(6)36(5)18-9-8-13-31(30)36/h9,14-15,18,25-28,31H,7-8,10-13,16-17,19-24H2,1-6H3. The van der Waals surface area contributed by atoms with Crippen LogP contribution in [0.15, 0.2) is 36.6 Å². The minimum atomic E-state index is -0.00118. The normalized spacial score (nSPS) is 22.8. The first kappa shape index (κ1) is 30.8. The summed E-state index contributed by atoms with van der Waals surface area (Å²) in [6.07, 6.45) is 16.5. The van der Waals surface area contributed by atoms with E-state index in [1.807, 2.05) is 6.07 Å². The molecule has 1 saturated heterocycles. The first-order valence-corrected chi connectivity index (χ1v) is 16.8. The van der Waals surface area contributed by atoms with Gasteiger partial charge in [-0.05, 0) is 102 Å². The second kappa shape index (κ2) is 13.4. The van der Waals surface area contributed by atoms with E-state index in [-0.39, 0.29) is 11.4 Å². The number of piperidine rings is 1. The monoisotopic (exact) mass is 573 g/mol. The van der Waals surface area contributed by atoms with Crippen LogP contribution in [0.3, 0.4) is 0 Å². The molecule has 0 saturated carbocycles. The van der Waals surface area contributed by atoms with E-state index in [1.54, 1.807) is 0 Å². The first-order valence-electron chi connectivity index (χ1n) is 16.8. The summed E-state index contributed by atoms with van der Waals surface area (Å²) in [6.45, 7) is 17.4. The van der Waals surface area contributed by atoms with E-state index in [0.717, 1.165) is 80.7 Å². The maximum absolute atomic E-state index is 13.9. The number of imidazole rings is 1. The topological polar surface area (TPSA) is 44.6 Å². The van der Waals surface area contributed by atoms with E-state index in [9.17, 15) is 4.79 Å². The summed E-state index contributed by atoms with van der Waals surface area (Å²) in [5.74, 6) is 2.83. The van der Waals surface area contributed by atoms with Crippen molar-refractivity contribution in [3.05, 3.63) is 47.9 Å². The molecule has 5 rings (SSSR count). The highest BCUT2D eigenvalue weighted by Gasteiger charge is 2.45. The smallest absolute Gasteiger partial charge is 0.253 e. The van der Waals surface area contributed by atoms with Gasteiger partial charge in [-0.25, -0.2) is 4.98 Å². The van der Waals surface area contributed by atoms with Gasteiger partial charge in [0.25, 0.3) is 5.91 Å². The van der Waals surface area contributed by atoms with Gasteiger partial charge >= 0.3 is 0 Å². The maximum Gasteiger partial charge on any atom is 0.253 e. The van der Waals surface area contributed by atoms with Crippen molar-refractivity contribution in [3.63, 3.8) is 0 Å². The molecular formula is C36H55N5O. The predicted molar refractivity (Wildman–Crippen MR) is 175 cm³/mol. The Balaban J connectivity index is 1.48. The summed E-state index contributed by atoms with van der Waals surface area (Å²) in [5.41, 5.74) is 4.24. The molecule has 0 bridgehead atoms. The van der Waals surface area contributed by atoms with Crippen LogP contribution in [-0.4, -0.2) is 75.5 Å². The molecule has 0 N–H and O–H groups in total. The third kappa shape index (κ3) is 6.64. The zero-order valence-electron chi connectivity index (χ0n) is 27.2. The molecule has 0 spiro atoms. The third-order valence-electron chi connectivity index (χ3n) is 10.0. The lowest BCUT2D eigenvalue weighted by atomic mass is 9.76. The number of carbonyl (C=O) groups excluding carboxylic acids is 1. The molecule has 6 heteroatoms. The Bertz CT molecular complexity index is 1270. The van der Waals surface area contributed by atoms with Crippen LogP contribution in [0.5, 0.6) is 0 Å². The van der Waals surface area contributed by atoms with Gasteiger partial charge in [-0.2, -0.15) is 0 Å². The lowest BCUT2D eigenvalue weighted by Crippen LogP contribution is -2.42. The lowest BCUT2D eigenvalue weighted by molar-refractivity contribution is 0.0741. The minimum Gasteiger partial charge on any atom is -0.371 e. The van der Waals surface area contributed by atoms with E-state index in [4.69, 9.17) is 4.98 Å². The molecule has 230 valence electrons. The summed E-state index contributed by atoms with van der Waals surface area (Å²) in [5, 5.41) is 0. The van der Waals surface area contributed by atoms with Crippen LogP contribution in [0.25, 0.3) is 16.6 Å². The van der Waals surface area contributed by atoms with Crippen molar-refractivity contribution in [2.24, 2.45) is 17.8 Å². The molecule has 6 nitrogen and oxygen atoms in total. The highest BCUT2D eigenvalue weighted by molar-refractivity contribution is 5.98. The number of carbonyl (C=O) groups is 1. The van der Waals surface area contributed by atoms with Crippen LogP contribution in [-0.2, 0) is 6.54 Å². The zero-order valence-corrected chi connectivity index (χ0v) is 27.2. The third-order valence-corrected chi connectivity index (χ3v) is 10.0. The van der Waals surface area contributed by atoms with Gasteiger partial charge in [0.1, 0.15) is 5.82 Å². The quantitative estimate of drug-likeness (QED) is 0.247. The van der Waals surface area contributed by atoms with Gasteiger partial charge in [0.05, 0.1) is 16.6 Å². The highest BCUT2D eigenvalue weighted by atomic mass is 16.2. The van der Waals surface area contributed by atoms with E-state index in [0.29, 0.717) is 17.8 Å². The average molecular weight is 574 g/mol. The number of allylic oxidation sites excluding steroid dienone is 1. The van der Waals surface area contributed by atoms with Crippen molar-refractivity contribution >= 4 is 22.5 Å². The fourth-order valence-corrected chi connectivity index (χ4v) is 7.14. The largest absolute Gasteiger partial charge is 0.371 e. The Morgan fingerprint density at radius 2 is 1.76 bits per heavy atom. The van der Waals surface area contributed by atoms with Crippen LogP contribution in [0, 0.1) is 17.8 Å². The molecule has 1 aromatic heterocycles. The second-order valence-electron chi connectivity index (χ2n) is 14.2. The SMILES string of the molecule is CC(C)CCN(CCC(C)C)C(=O)c1ccc2nc(C3=CN(C)C4(C)C=CCCC34)n(CCCN3CCCCC3)c2c1. The van der Waals surface area contributed by atoms with E-state index in [1.165, 1.54) is 37.9 Å². The fourth-order valence-electron chi connectivity index (χ4n) is 7.14. The van der Waals surface area contributed by atoms with Crippen molar-refractivity contribution in [3.8, 4) is 0 Å².